The van der Waals surface area contributed by atoms with Gasteiger partial charge in [0.15, 0.2) is 0 Å². The summed E-state index contributed by atoms with van der Waals surface area (Å²) in [6.45, 7) is 4.49. The van der Waals surface area contributed by atoms with Crippen molar-refractivity contribution in [2.45, 2.75) is 13.8 Å². The maximum absolute atomic E-state index is 2.50. The smallest absolute Gasteiger partial charge is 0.0519 e. The van der Waals surface area contributed by atoms with Crippen molar-refractivity contribution in [3.63, 3.8) is 0 Å². The fourth-order valence-corrected chi connectivity index (χ4v) is 12.7. The highest BCUT2D eigenvalue weighted by molar-refractivity contribution is 6.27. The lowest BCUT2D eigenvalue weighted by Gasteiger charge is -2.33. The van der Waals surface area contributed by atoms with Gasteiger partial charge in [0.2, 0.25) is 0 Å². The zero-order chi connectivity index (χ0) is 48.3. The first kappa shape index (κ1) is 41.5. The van der Waals surface area contributed by atoms with Gasteiger partial charge in [-0.2, -0.15) is 0 Å². The van der Waals surface area contributed by atoms with Crippen LogP contribution in [0.5, 0.6) is 0 Å². The van der Waals surface area contributed by atoms with Crippen molar-refractivity contribution >= 4 is 60.2 Å². The summed E-state index contributed by atoms with van der Waals surface area (Å²) in [5.74, 6) is 0. The summed E-state index contributed by atoms with van der Waals surface area (Å²) in [6, 6.07) is 92.5. The molecule has 0 unspecified atom stereocenters. The van der Waals surface area contributed by atoms with Crippen LogP contribution in [0.15, 0.2) is 249 Å². The van der Waals surface area contributed by atoms with Crippen LogP contribution in [0.2, 0.25) is 0 Å². The van der Waals surface area contributed by atoms with E-state index in [1.54, 1.807) is 0 Å². The molecule has 2 aliphatic carbocycles. The summed E-state index contributed by atoms with van der Waals surface area (Å²) in [5.41, 5.74) is 26.8. The van der Waals surface area contributed by atoms with Crippen LogP contribution in [0.25, 0.3) is 132 Å². The Kier molecular flexibility index (Phi) is 9.16. The molecule has 2 aliphatic rings. The van der Waals surface area contributed by atoms with E-state index in [-0.39, 0.29) is 0 Å². The predicted molar refractivity (Wildman–Crippen MR) is 311 cm³/mol. The van der Waals surface area contributed by atoms with E-state index in [0.29, 0.717) is 0 Å². The van der Waals surface area contributed by atoms with Gasteiger partial charge >= 0.3 is 0 Å². The minimum atomic E-state index is 1.13. The number of rotatable bonds is 7. The number of nitrogens with zero attached hydrogens (tertiary/aromatic N) is 1. The standard InChI is InChI=1S/C72H47N/c1-44-20-19-21-45(2)72(44)73(54-36-34-50-40-60-62(42-52(50)38-54)70-66(48-26-11-5-12-27-48)58-32-17-15-30-56(58)64(68(60)70)46-22-7-3-8-23-46)55-37-35-51-41-61-63(43-53(51)39-55)71-67(49-28-13-6-14-29-49)59-33-18-16-31-57(59)65(69(61)71)47-24-9-4-10-25-47/h3-43H,1-2H3. The van der Waals surface area contributed by atoms with Gasteiger partial charge in [0.05, 0.1) is 5.69 Å². The molecule has 73 heavy (non-hydrogen) atoms. The number of para-hydroxylation sites is 1. The van der Waals surface area contributed by atoms with Gasteiger partial charge < -0.3 is 4.90 Å². The number of benzene rings is 13. The molecule has 0 heterocycles. The summed E-state index contributed by atoms with van der Waals surface area (Å²) < 4.78 is 0. The van der Waals surface area contributed by atoms with Crippen molar-refractivity contribution in [2.75, 3.05) is 4.90 Å². The Morgan fingerprint density at radius 3 is 0.836 bits per heavy atom. The van der Waals surface area contributed by atoms with Gasteiger partial charge in [-0.25, -0.2) is 0 Å². The first-order valence-corrected chi connectivity index (χ1v) is 25.5. The summed E-state index contributed by atoms with van der Waals surface area (Å²) >= 11 is 0. The number of aryl methyl sites for hydroxylation is 2. The maximum atomic E-state index is 2.50. The third kappa shape index (κ3) is 6.22. The average Bonchev–Trinajstić information content (AvgIpc) is 3.44. The molecule has 1 nitrogen and oxygen atoms in total. The molecule has 0 bridgehead atoms. The number of fused-ring (bicyclic) bond motifs is 12. The molecule has 1 heteroatoms. The van der Waals surface area contributed by atoms with E-state index in [4.69, 9.17) is 0 Å². The second kappa shape index (κ2) is 16.1. The van der Waals surface area contributed by atoms with E-state index in [1.165, 1.54) is 149 Å². The van der Waals surface area contributed by atoms with E-state index in [9.17, 15) is 0 Å². The minimum absolute atomic E-state index is 1.13. The maximum Gasteiger partial charge on any atom is 0.0519 e. The molecule has 0 aliphatic heterocycles. The molecule has 0 aromatic heterocycles. The van der Waals surface area contributed by atoms with Crippen molar-refractivity contribution in [3.8, 4) is 89.0 Å². The monoisotopic (exact) mass is 925 g/mol. The molecule has 0 saturated heterocycles. The van der Waals surface area contributed by atoms with Crippen molar-refractivity contribution in [3.05, 3.63) is 260 Å². The molecule has 0 amide bonds. The van der Waals surface area contributed by atoms with E-state index >= 15 is 0 Å². The first-order valence-electron chi connectivity index (χ1n) is 25.5. The van der Waals surface area contributed by atoms with Crippen molar-refractivity contribution in [2.24, 2.45) is 0 Å². The lowest BCUT2D eigenvalue weighted by Crippen LogP contribution is -2.13. The fourth-order valence-electron chi connectivity index (χ4n) is 12.7. The molecular weight excluding hydrogens is 879 g/mol. The first-order chi connectivity index (χ1) is 36.1. The van der Waals surface area contributed by atoms with E-state index in [2.05, 4.69) is 267 Å². The second-order valence-corrected chi connectivity index (χ2v) is 20.0. The van der Waals surface area contributed by atoms with Crippen LogP contribution in [0.4, 0.5) is 17.1 Å². The van der Waals surface area contributed by atoms with Gasteiger partial charge in [-0.3, -0.25) is 0 Å². The van der Waals surface area contributed by atoms with Crippen LogP contribution < -0.4 is 4.90 Å². The van der Waals surface area contributed by atoms with Crippen molar-refractivity contribution < 1.29 is 0 Å². The lowest BCUT2D eigenvalue weighted by atomic mass is 9.70. The van der Waals surface area contributed by atoms with E-state index < -0.39 is 0 Å². The van der Waals surface area contributed by atoms with Gasteiger partial charge in [-0.15, -0.1) is 0 Å². The Hall–Kier alpha value is -9.30. The van der Waals surface area contributed by atoms with Gasteiger partial charge in [-0.05, 0) is 206 Å². The zero-order valence-corrected chi connectivity index (χ0v) is 40.6. The minimum Gasteiger partial charge on any atom is -0.310 e. The largest absolute Gasteiger partial charge is 0.310 e. The number of hydrogen-bond acceptors (Lipinski definition) is 1. The molecule has 0 atom stereocenters. The Morgan fingerprint density at radius 2 is 0.521 bits per heavy atom. The highest BCUT2D eigenvalue weighted by Gasteiger charge is 2.35. The van der Waals surface area contributed by atoms with Crippen LogP contribution in [0, 0.1) is 13.8 Å². The van der Waals surface area contributed by atoms with Gasteiger partial charge in [0.25, 0.3) is 0 Å². The molecule has 0 fully saturated rings. The molecular formula is C72H47N. The highest BCUT2D eigenvalue weighted by Crippen LogP contribution is 2.62. The molecule has 13 aromatic rings. The molecule has 0 saturated carbocycles. The van der Waals surface area contributed by atoms with Gasteiger partial charge in [0.1, 0.15) is 0 Å². The van der Waals surface area contributed by atoms with E-state index in [0.717, 1.165) is 11.4 Å². The van der Waals surface area contributed by atoms with Gasteiger partial charge in [0, 0.05) is 11.4 Å². The normalized spacial score (nSPS) is 12.0. The third-order valence-corrected chi connectivity index (χ3v) is 15.9. The Morgan fingerprint density at radius 1 is 0.233 bits per heavy atom. The summed E-state index contributed by atoms with van der Waals surface area (Å²) in [4.78, 5) is 2.50. The van der Waals surface area contributed by atoms with Crippen molar-refractivity contribution in [1.82, 2.24) is 0 Å². The summed E-state index contributed by atoms with van der Waals surface area (Å²) in [5, 5.41) is 10.0. The molecule has 15 rings (SSSR count). The van der Waals surface area contributed by atoms with E-state index in [1.807, 2.05) is 0 Å². The number of anilines is 3. The quantitative estimate of drug-likeness (QED) is 0.154. The Labute approximate surface area is 425 Å². The molecule has 0 N–H and O–H groups in total. The zero-order valence-electron chi connectivity index (χ0n) is 40.6. The SMILES string of the molecule is Cc1cccc(C)c1N(c1ccc2cc3c(cc2c1)-c1c-3c(-c2ccccc2)c2ccccc2c1-c1ccccc1)c1ccc2cc3c(cc2c1)-c1c-3c(-c2ccccc2)c2ccccc2c1-c1ccccc1. The van der Waals surface area contributed by atoms with Crippen molar-refractivity contribution in [1.29, 1.82) is 0 Å². The summed E-state index contributed by atoms with van der Waals surface area (Å²) in [7, 11) is 0. The van der Waals surface area contributed by atoms with Gasteiger partial charge in [-0.1, -0.05) is 200 Å². The van der Waals surface area contributed by atoms with Crippen LogP contribution in [-0.4, -0.2) is 0 Å². The fraction of sp³-hybridized carbons (Fsp3) is 0.0278. The predicted octanol–water partition coefficient (Wildman–Crippen LogP) is 20.3. The number of hydrogen-bond donors (Lipinski definition) is 0. The highest BCUT2D eigenvalue weighted by atomic mass is 15.1. The lowest BCUT2D eigenvalue weighted by molar-refractivity contribution is 1.22. The third-order valence-electron chi connectivity index (χ3n) is 15.9. The molecule has 13 aromatic carbocycles. The van der Waals surface area contributed by atoms with Crippen LogP contribution in [0.1, 0.15) is 11.1 Å². The Balaban J connectivity index is 0.917. The average molecular weight is 926 g/mol. The van der Waals surface area contributed by atoms with Crippen LogP contribution in [-0.2, 0) is 0 Å². The molecule has 340 valence electrons. The van der Waals surface area contributed by atoms with Crippen LogP contribution in [0.3, 0.4) is 0 Å². The molecule has 0 radical (unpaired) electrons. The van der Waals surface area contributed by atoms with Crippen LogP contribution >= 0.6 is 0 Å². The molecule has 0 spiro atoms. The second-order valence-electron chi connectivity index (χ2n) is 20.0. The topological polar surface area (TPSA) is 3.24 Å². The summed E-state index contributed by atoms with van der Waals surface area (Å²) in [6.07, 6.45) is 0. The Bertz CT molecular complexity index is 4140.